The van der Waals surface area contributed by atoms with Crippen LogP contribution in [-0.4, -0.2) is 79.7 Å². The van der Waals surface area contributed by atoms with Gasteiger partial charge in [-0.15, -0.1) is 0 Å². The zero-order chi connectivity index (χ0) is 27.2. The molecule has 0 aliphatic carbocycles. The van der Waals surface area contributed by atoms with Crippen LogP contribution in [0.15, 0.2) is 67.0 Å². The Hall–Kier alpha value is -4.41. The molecule has 1 fully saturated rings. The predicted molar refractivity (Wildman–Crippen MR) is 157 cm³/mol. The standard InChI is InChI=1S/C29H34N8O2/c1-36(2)26-18-27(39-3)25(17-24(26)33-28(38)9-6-14-37-15-12-30-13-16-37)35-29-31-11-10-23(34-29)21-19-32-22-8-5-4-7-20(21)22/h4-11,17-19,30,32H,12-16H2,1-3H3,(H,33,38)(H,31,34,35)/b9-6+. The van der Waals surface area contributed by atoms with Crippen LogP contribution in [0.1, 0.15) is 0 Å². The largest absolute Gasteiger partial charge is 0.494 e. The van der Waals surface area contributed by atoms with Crippen molar-refractivity contribution in [2.45, 2.75) is 0 Å². The van der Waals surface area contributed by atoms with Crippen LogP contribution in [0.2, 0.25) is 0 Å². The summed E-state index contributed by atoms with van der Waals surface area (Å²) in [6.45, 7) is 4.65. The molecule has 39 heavy (non-hydrogen) atoms. The highest BCUT2D eigenvalue weighted by molar-refractivity contribution is 6.02. The quantitative estimate of drug-likeness (QED) is 0.244. The Labute approximate surface area is 228 Å². The van der Waals surface area contributed by atoms with Crippen molar-refractivity contribution >= 4 is 39.8 Å². The van der Waals surface area contributed by atoms with Crippen molar-refractivity contribution in [2.24, 2.45) is 0 Å². The molecule has 0 spiro atoms. The fraction of sp³-hybridized carbons (Fsp3) is 0.276. The molecule has 1 aliphatic heterocycles. The first-order valence-corrected chi connectivity index (χ1v) is 13.0. The van der Waals surface area contributed by atoms with Crippen molar-refractivity contribution in [3.63, 3.8) is 0 Å². The van der Waals surface area contributed by atoms with Gasteiger partial charge in [0.25, 0.3) is 0 Å². The molecule has 0 unspecified atom stereocenters. The first-order valence-electron chi connectivity index (χ1n) is 13.0. The number of anilines is 4. The second-order valence-electron chi connectivity index (χ2n) is 9.54. The minimum Gasteiger partial charge on any atom is -0.494 e. The van der Waals surface area contributed by atoms with E-state index < -0.39 is 0 Å². The van der Waals surface area contributed by atoms with E-state index in [0.717, 1.165) is 60.6 Å². The fourth-order valence-corrected chi connectivity index (χ4v) is 4.66. The van der Waals surface area contributed by atoms with E-state index in [-0.39, 0.29) is 5.91 Å². The summed E-state index contributed by atoms with van der Waals surface area (Å²) in [5.74, 6) is 0.829. The minimum absolute atomic E-state index is 0.193. The molecule has 0 bridgehead atoms. The normalized spacial score (nSPS) is 14.0. The van der Waals surface area contributed by atoms with E-state index >= 15 is 0 Å². The Kier molecular flexibility index (Phi) is 8.04. The van der Waals surface area contributed by atoms with E-state index in [9.17, 15) is 4.79 Å². The number of nitrogens with zero attached hydrogens (tertiary/aromatic N) is 4. The first-order chi connectivity index (χ1) is 19.0. The van der Waals surface area contributed by atoms with Crippen molar-refractivity contribution in [2.75, 3.05) is 69.5 Å². The van der Waals surface area contributed by atoms with E-state index in [1.54, 1.807) is 19.4 Å². The molecule has 4 N–H and O–H groups in total. The molecular formula is C29H34N8O2. The Bertz CT molecular complexity index is 1470. The Morgan fingerprint density at radius 2 is 1.97 bits per heavy atom. The molecule has 5 rings (SSSR count). The number of rotatable bonds is 9. The summed E-state index contributed by atoms with van der Waals surface area (Å²) in [7, 11) is 5.46. The third-order valence-electron chi connectivity index (χ3n) is 6.67. The van der Waals surface area contributed by atoms with Gasteiger partial charge in [0.1, 0.15) is 5.75 Å². The third kappa shape index (κ3) is 6.19. The average Bonchev–Trinajstić information content (AvgIpc) is 3.38. The maximum atomic E-state index is 12.8. The van der Waals surface area contributed by atoms with Gasteiger partial charge in [0, 0.05) is 87.8 Å². The molecule has 1 saturated heterocycles. The number of nitrogens with one attached hydrogen (secondary N) is 4. The molecule has 0 radical (unpaired) electrons. The summed E-state index contributed by atoms with van der Waals surface area (Å²) in [4.78, 5) is 29.5. The second kappa shape index (κ2) is 12.0. The van der Waals surface area contributed by atoms with Crippen LogP contribution in [0.3, 0.4) is 0 Å². The lowest BCUT2D eigenvalue weighted by Crippen LogP contribution is -2.43. The highest BCUT2D eigenvalue weighted by atomic mass is 16.5. The van der Waals surface area contributed by atoms with Gasteiger partial charge >= 0.3 is 0 Å². The summed E-state index contributed by atoms with van der Waals surface area (Å²) in [6, 6.07) is 13.7. The number of para-hydroxylation sites is 1. The third-order valence-corrected chi connectivity index (χ3v) is 6.67. The number of methoxy groups -OCH3 is 1. The van der Waals surface area contributed by atoms with E-state index in [0.29, 0.717) is 23.1 Å². The highest BCUT2D eigenvalue weighted by Gasteiger charge is 2.16. The van der Waals surface area contributed by atoms with E-state index in [1.165, 1.54) is 0 Å². The van der Waals surface area contributed by atoms with Crippen molar-refractivity contribution in [3.8, 4) is 17.0 Å². The van der Waals surface area contributed by atoms with Crippen LogP contribution >= 0.6 is 0 Å². The number of fused-ring (bicyclic) bond motifs is 1. The number of piperazine rings is 1. The predicted octanol–water partition coefficient (Wildman–Crippen LogP) is 3.84. The van der Waals surface area contributed by atoms with Gasteiger partial charge < -0.3 is 30.6 Å². The highest BCUT2D eigenvalue weighted by Crippen LogP contribution is 2.37. The molecule has 202 valence electrons. The van der Waals surface area contributed by atoms with Gasteiger partial charge in [0.2, 0.25) is 11.9 Å². The van der Waals surface area contributed by atoms with Crippen LogP contribution < -0.4 is 25.6 Å². The molecule has 0 atom stereocenters. The number of aromatic nitrogens is 3. The summed E-state index contributed by atoms with van der Waals surface area (Å²) in [6.07, 6.45) is 7.17. The zero-order valence-corrected chi connectivity index (χ0v) is 22.5. The van der Waals surface area contributed by atoms with Crippen molar-refractivity contribution in [3.05, 3.63) is 67.0 Å². The average molecular weight is 527 g/mol. The molecule has 0 saturated carbocycles. The minimum atomic E-state index is -0.193. The first kappa shape index (κ1) is 26.2. The number of ether oxygens (including phenoxy) is 1. The van der Waals surface area contributed by atoms with E-state index in [4.69, 9.17) is 9.72 Å². The van der Waals surface area contributed by atoms with Crippen LogP contribution in [-0.2, 0) is 4.79 Å². The topological polar surface area (TPSA) is 110 Å². The molecule has 1 amide bonds. The summed E-state index contributed by atoms with van der Waals surface area (Å²) in [5, 5.41) is 10.7. The number of hydrogen-bond donors (Lipinski definition) is 4. The van der Waals surface area contributed by atoms with Gasteiger partial charge in [0.15, 0.2) is 0 Å². The summed E-state index contributed by atoms with van der Waals surface area (Å²) in [5.41, 5.74) is 4.93. The number of carbonyl (C=O) groups excluding carboxylic acids is 1. The van der Waals surface area contributed by atoms with Crippen LogP contribution in [0.5, 0.6) is 5.75 Å². The maximum Gasteiger partial charge on any atom is 0.248 e. The van der Waals surface area contributed by atoms with E-state index in [2.05, 4.69) is 36.9 Å². The number of hydrogen-bond acceptors (Lipinski definition) is 8. The van der Waals surface area contributed by atoms with Gasteiger partial charge in [-0.2, -0.15) is 0 Å². The second-order valence-corrected chi connectivity index (χ2v) is 9.54. The van der Waals surface area contributed by atoms with Crippen molar-refractivity contribution in [1.82, 2.24) is 25.2 Å². The van der Waals surface area contributed by atoms with Crippen molar-refractivity contribution < 1.29 is 9.53 Å². The lowest BCUT2D eigenvalue weighted by Gasteiger charge is -2.25. The Morgan fingerprint density at radius 3 is 2.77 bits per heavy atom. The smallest absolute Gasteiger partial charge is 0.248 e. The fourth-order valence-electron chi connectivity index (χ4n) is 4.66. The zero-order valence-electron chi connectivity index (χ0n) is 22.5. The molecule has 10 heteroatoms. The van der Waals surface area contributed by atoms with Gasteiger partial charge in [-0.3, -0.25) is 9.69 Å². The van der Waals surface area contributed by atoms with Crippen molar-refractivity contribution in [1.29, 1.82) is 0 Å². The van der Waals surface area contributed by atoms with Gasteiger partial charge in [-0.1, -0.05) is 24.3 Å². The summed E-state index contributed by atoms with van der Waals surface area (Å²) < 4.78 is 5.67. The Balaban J connectivity index is 1.38. The molecule has 1 aliphatic rings. The van der Waals surface area contributed by atoms with Gasteiger partial charge in [0.05, 0.1) is 29.9 Å². The number of amides is 1. The van der Waals surface area contributed by atoms with Gasteiger partial charge in [-0.25, -0.2) is 9.97 Å². The Morgan fingerprint density at radius 1 is 1.15 bits per heavy atom. The molecule has 2 aromatic heterocycles. The SMILES string of the molecule is COc1cc(N(C)C)c(NC(=O)/C=C/CN2CCNCC2)cc1Nc1nccc(-c2c[nH]c3ccccc23)n1. The maximum absolute atomic E-state index is 12.8. The number of aromatic amines is 1. The molecule has 10 nitrogen and oxygen atoms in total. The monoisotopic (exact) mass is 526 g/mol. The number of H-pyrrole nitrogens is 1. The van der Waals surface area contributed by atoms with E-state index in [1.807, 2.05) is 67.7 Å². The number of benzene rings is 2. The molecule has 4 aromatic rings. The lowest BCUT2D eigenvalue weighted by atomic mass is 10.1. The molecule has 3 heterocycles. The van der Waals surface area contributed by atoms with Crippen LogP contribution in [0.25, 0.3) is 22.2 Å². The molecular weight excluding hydrogens is 492 g/mol. The van der Waals surface area contributed by atoms with Crippen LogP contribution in [0.4, 0.5) is 23.0 Å². The molecule has 2 aromatic carbocycles. The number of carbonyl (C=O) groups is 1. The van der Waals surface area contributed by atoms with Gasteiger partial charge in [-0.05, 0) is 18.2 Å². The lowest BCUT2D eigenvalue weighted by molar-refractivity contribution is -0.111. The summed E-state index contributed by atoms with van der Waals surface area (Å²) >= 11 is 0. The van der Waals surface area contributed by atoms with Crippen LogP contribution in [0, 0.1) is 0 Å².